The standard InChI is InChI=1S/C18H19BrN2O2/c1-21(13-15-9-5-6-10-16(15)19)18(23)12-20-17(22)11-14-7-3-2-4-8-14/h2-10H,11-13H2,1H3,(H,20,22). The van der Waals surface area contributed by atoms with Gasteiger partial charge in [-0.25, -0.2) is 0 Å². The Kier molecular flexibility index (Phi) is 6.35. The minimum absolute atomic E-state index is 0.00657. The zero-order chi connectivity index (χ0) is 16.7. The molecule has 0 bridgehead atoms. The van der Waals surface area contributed by atoms with Crippen LogP contribution in [0.5, 0.6) is 0 Å². The second kappa shape index (κ2) is 8.48. The third-order valence-electron chi connectivity index (χ3n) is 3.44. The summed E-state index contributed by atoms with van der Waals surface area (Å²) in [4.78, 5) is 25.6. The van der Waals surface area contributed by atoms with Crippen molar-refractivity contribution < 1.29 is 9.59 Å². The Morgan fingerprint density at radius 2 is 1.70 bits per heavy atom. The molecular weight excluding hydrogens is 356 g/mol. The summed E-state index contributed by atoms with van der Waals surface area (Å²) in [6.45, 7) is 0.501. The Morgan fingerprint density at radius 3 is 2.39 bits per heavy atom. The number of hydrogen-bond donors (Lipinski definition) is 1. The summed E-state index contributed by atoms with van der Waals surface area (Å²) >= 11 is 3.47. The Hall–Kier alpha value is -2.14. The van der Waals surface area contributed by atoms with Crippen LogP contribution in [-0.2, 0) is 22.6 Å². The molecule has 23 heavy (non-hydrogen) atoms. The van der Waals surface area contributed by atoms with Crippen LogP contribution in [0.1, 0.15) is 11.1 Å². The molecule has 0 atom stereocenters. The molecule has 0 heterocycles. The fourth-order valence-corrected chi connectivity index (χ4v) is 2.53. The van der Waals surface area contributed by atoms with Gasteiger partial charge in [-0.2, -0.15) is 0 Å². The first kappa shape index (κ1) is 17.2. The Bertz CT molecular complexity index is 674. The van der Waals surface area contributed by atoms with Crippen molar-refractivity contribution in [3.8, 4) is 0 Å². The summed E-state index contributed by atoms with van der Waals surface area (Å²) in [6.07, 6.45) is 0.280. The Balaban J connectivity index is 1.80. The van der Waals surface area contributed by atoms with Gasteiger partial charge in [-0.3, -0.25) is 9.59 Å². The van der Waals surface area contributed by atoms with Gasteiger partial charge in [-0.1, -0.05) is 64.5 Å². The van der Waals surface area contributed by atoms with Crippen molar-refractivity contribution in [2.75, 3.05) is 13.6 Å². The normalized spacial score (nSPS) is 10.2. The average molecular weight is 375 g/mol. The van der Waals surface area contributed by atoms with Gasteiger partial charge in [0.15, 0.2) is 0 Å². The van der Waals surface area contributed by atoms with Crippen molar-refractivity contribution in [1.29, 1.82) is 0 Å². The second-order valence-electron chi connectivity index (χ2n) is 5.28. The molecular formula is C18H19BrN2O2. The molecule has 2 rings (SSSR count). The van der Waals surface area contributed by atoms with Crippen molar-refractivity contribution in [3.63, 3.8) is 0 Å². The van der Waals surface area contributed by atoms with Gasteiger partial charge in [0, 0.05) is 18.1 Å². The van der Waals surface area contributed by atoms with Gasteiger partial charge in [-0.05, 0) is 17.2 Å². The van der Waals surface area contributed by atoms with Crippen LogP contribution < -0.4 is 5.32 Å². The van der Waals surface area contributed by atoms with Crippen molar-refractivity contribution in [2.24, 2.45) is 0 Å². The number of halogens is 1. The number of likely N-dealkylation sites (N-methyl/N-ethyl adjacent to an activating group) is 1. The van der Waals surface area contributed by atoms with Gasteiger partial charge in [0.25, 0.3) is 0 Å². The molecule has 5 heteroatoms. The number of amides is 2. The van der Waals surface area contributed by atoms with Crippen molar-refractivity contribution in [3.05, 3.63) is 70.2 Å². The number of nitrogens with one attached hydrogen (secondary N) is 1. The molecule has 120 valence electrons. The van der Waals surface area contributed by atoms with E-state index in [2.05, 4.69) is 21.2 Å². The topological polar surface area (TPSA) is 49.4 Å². The van der Waals surface area contributed by atoms with Gasteiger partial charge in [0.1, 0.15) is 0 Å². The highest BCUT2D eigenvalue weighted by molar-refractivity contribution is 9.10. The summed E-state index contributed by atoms with van der Waals surface area (Å²) < 4.78 is 0.966. The van der Waals surface area contributed by atoms with Gasteiger partial charge < -0.3 is 10.2 Å². The van der Waals surface area contributed by atoms with E-state index in [1.54, 1.807) is 11.9 Å². The molecule has 0 radical (unpaired) electrons. The van der Waals surface area contributed by atoms with E-state index in [0.717, 1.165) is 15.6 Å². The van der Waals surface area contributed by atoms with E-state index in [-0.39, 0.29) is 24.8 Å². The summed E-state index contributed by atoms with van der Waals surface area (Å²) in [5.41, 5.74) is 1.96. The number of hydrogen-bond acceptors (Lipinski definition) is 2. The molecule has 0 aromatic heterocycles. The SMILES string of the molecule is CN(Cc1ccccc1Br)C(=O)CNC(=O)Cc1ccccc1. The zero-order valence-corrected chi connectivity index (χ0v) is 14.5. The average Bonchev–Trinajstić information content (AvgIpc) is 2.55. The van der Waals surface area contributed by atoms with Crippen molar-refractivity contribution in [1.82, 2.24) is 10.2 Å². The largest absolute Gasteiger partial charge is 0.347 e. The van der Waals surface area contributed by atoms with Crippen LogP contribution in [0, 0.1) is 0 Å². The molecule has 0 saturated heterocycles. The molecule has 0 spiro atoms. The highest BCUT2D eigenvalue weighted by atomic mass is 79.9. The zero-order valence-electron chi connectivity index (χ0n) is 13.0. The molecule has 2 amide bonds. The fraction of sp³-hybridized carbons (Fsp3) is 0.222. The fourth-order valence-electron chi connectivity index (χ4n) is 2.12. The second-order valence-corrected chi connectivity index (χ2v) is 6.13. The van der Waals surface area contributed by atoms with E-state index in [1.165, 1.54) is 0 Å². The number of nitrogens with zero attached hydrogens (tertiary/aromatic N) is 1. The lowest BCUT2D eigenvalue weighted by Gasteiger charge is -2.18. The van der Waals surface area contributed by atoms with Crippen LogP contribution in [0.15, 0.2) is 59.1 Å². The number of benzene rings is 2. The van der Waals surface area contributed by atoms with Crippen molar-refractivity contribution >= 4 is 27.7 Å². The summed E-state index contributed by atoms with van der Waals surface area (Å²) in [5.74, 6) is -0.277. The molecule has 2 aromatic carbocycles. The van der Waals surface area contributed by atoms with Gasteiger partial charge in [0.05, 0.1) is 13.0 Å². The van der Waals surface area contributed by atoms with E-state index in [4.69, 9.17) is 0 Å². The maximum Gasteiger partial charge on any atom is 0.242 e. The monoisotopic (exact) mass is 374 g/mol. The van der Waals surface area contributed by atoms with E-state index in [1.807, 2.05) is 54.6 Å². The quantitative estimate of drug-likeness (QED) is 0.844. The minimum Gasteiger partial charge on any atom is -0.347 e. The molecule has 0 saturated carbocycles. The molecule has 0 aliphatic heterocycles. The highest BCUT2D eigenvalue weighted by Gasteiger charge is 2.12. The van der Waals surface area contributed by atoms with Crippen LogP contribution in [0.4, 0.5) is 0 Å². The summed E-state index contributed by atoms with van der Waals surface area (Å²) in [7, 11) is 1.73. The third kappa shape index (κ3) is 5.53. The molecule has 0 fully saturated rings. The van der Waals surface area contributed by atoms with Crippen LogP contribution in [0.3, 0.4) is 0 Å². The molecule has 4 nitrogen and oxygen atoms in total. The van der Waals surface area contributed by atoms with E-state index in [0.29, 0.717) is 6.54 Å². The lowest BCUT2D eigenvalue weighted by Crippen LogP contribution is -2.38. The Labute approximate surface area is 144 Å². The van der Waals surface area contributed by atoms with E-state index < -0.39 is 0 Å². The number of rotatable bonds is 6. The van der Waals surface area contributed by atoms with E-state index >= 15 is 0 Å². The lowest BCUT2D eigenvalue weighted by molar-refractivity contribution is -0.132. The predicted molar refractivity (Wildman–Crippen MR) is 93.8 cm³/mol. The van der Waals surface area contributed by atoms with Gasteiger partial charge >= 0.3 is 0 Å². The minimum atomic E-state index is -0.154. The molecule has 0 aliphatic carbocycles. The van der Waals surface area contributed by atoms with Crippen LogP contribution in [0.2, 0.25) is 0 Å². The smallest absolute Gasteiger partial charge is 0.242 e. The van der Waals surface area contributed by atoms with Crippen LogP contribution >= 0.6 is 15.9 Å². The van der Waals surface area contributed by atoms with Gasteiger partial charge in [0.2, 0.25) is 11.8 Å². The molecule has 2 aromatic rings. The Morgan fingerprint density at radius 1 is 1.04 bits per heavy atom. The van der Waals surface area contributed by atoms with E-state index in [9.17, 15) is 9.59 Å². The first-order chi connectivity index (χ1) is 11.1. The molecule has 0 aliphatic rings. The highest BCUT2D eigenvalue weighted by Crippen LogP contribution is 2.17. The third-order valence-corrected chi connectivity index (χ3v) is 4.21. The molecule has 1 N–H and O–H groups in total. The maximum atomic E-state index is 12.1. The predicted octanol–water partition coefficient (Wildman–Crippen LogP) is 2.77. The van der Waals surface area contributed by atoms with Crippen molar-refractivity contribution in [2.45, 2.75) is 13.0 Å². The first-order valence-corrected chi connectivity index (χ1v) is 8.13. The maximum absolute atomic E-state index is 12.1. The molecule has 0 unspecified atom stereocenters. The number of carbonyl (C=O) groups excluding carboxylic acids is 2. The van der Waals surface area contributed by atoms with Gasteiger partial charge in [-0.15, -0.1) is 0 Å². The number of carbonyl (C=O) groups is 2. The van der Waals surface area contributed by atoms with Crippen LogP contribution in [-0.4, -0.2) is 30.3 Å². The van der Waals surface area contributed by atoms with Crippen LogP contribution in [0.25, 0.3) is 0 Å². The summed E-state index contributed by atoms with van der Waals surface area (Å²) in [5, 5.41) is 2.67. The first-order valence-electron chi connectivity index (χ1n) is 7.34. The lowest BCUT2D eigenvalue weighted by atomic mass is 10.1. The summed E-state index contributed by atoms with van der Waals surface area (Å²) in [6, 6.07) is 17.2.